The van der Waals surface area contributed by atoms with Crippen molar-refractivity contribution in [3.8, 4) is 11.1 Å². The van der Waals surface area contributed by atoms with Crippen molar-refractivity contribution in [1.82, 2.24) is 0 Å². The summed E-state index contributed by atoms with van der Waals surface area (Å²) < 4.78 is 12.1. The first-order chi connectivity index (χ1) is 14.2. The highest BCUT2D eigenvalue weighted by Gasteiger charge is 2.56. The predicted octanol–water partition coefficient (Wildman–Crippen LogP) is 4.65. The van der Waals surface area contributed by atoms with Crippen LogP contribution in [0.5, 0.6) is 0 Å². The molecule has 162 valence electrons. The zero-order valence-electron chi connectivity index (χ0n) is 19.5. The quantitative estimate of drug-likeness (QED) is 0.668. The van der Waals surface area contributed by atoms with Crippen LogP contribution in [0.15, 0.2) is 36.4 Å². The maximum atomic E-state index is 6.09. The fraction of sp³-hybridized carbons (Fsp3) is 0.520. The molecule has 1 saturated heterocycles. The summed E-state index contributed by atoms with van der Waals surface area (Å²) in [5, 5.41) is 1.70. The predicted molar refractivity (Wildman–Crippen MR) is 130 cm³/mol. The molecule has 0 spiro atoms. The lowest BCUT2D eigenvalue weighted by molar-refractivity contribution is 0.0408. The molecule has 5 heteroatoms. The normalized spacial score (nSPS) is 25.1. The molecule has 0 aliphatic carbocycles. The Kier molecular flexibility index (Phi) is 5.63. The van der Waals surface area contributed by atoms with E-state index in [-0.39, 0.29) is 10.3 Å². The van der Waals surface area contributed by atoms with E-state index in [2.05, 4.69) is 95.2 Å². The average molecular weight is 427 g/mol. The van der Waals surface area contributed by atoms with E-state index in [1.165, 1.54) is 33.4 Å². The van der Waals surface area contributed by atoms with E-state index in [1.54, 1.807) is 0 Å². The number of benzene rings is 2. The van der Waals surface area contributed by atoms with Crippen LogP contribution in [-0.4, -0.2) is 59.8 Å². The van der Waals surface area contributed by atoms with Gasteiger partial charge in [0.1, 0.15) is 0 Å². The van der Waals surface area contributed by atoms with Crippen molar-refractivity contribution in [3.05, 3.63) is 42.0 Å². The molecule has 0 amide bonds. The van der Waals surface area contributed by atoms with Crippen LogP contribution in [0.25, 0.3) is 11.1 Å². The average Bonchev–Trinajstić information content (AvgIpc) is 2.73. The smallest absolute Gasteiger partial charge is 0.0701 e. The van der Waals surface area contributed by atoms with Crippen LogP contribution in [0.1, 0.15) is 26.3 Å². The maximum absolute atomic E-state index is 6.09. The molecule has 2 heterocycles. The van der Waals surface area contributed by atoms with Crippen molar-refractivity contribution in [3.63, 3.8) is 0 Å². The number of rotatable bonds is 3. The summed E-state index contributed by atoms with van der Waals surface area (Å²) in [5.74, 6) is 0. The molecule has 4 rings (SSSR count). The molecule has 30 heavy (non-hydrogen) atoms. The van der Waals surface area contributed by atoms with Gasteiger partial charge in [0.15, 0.2) is 0 Å². The van der Waals surface area contributed by atoms with Gasteiger partial charge >= 0.3 is 0 Å². The van der Waals surface area contributed by atoms with Crippen LogP contribution in [0.2, 0.25) is 0 Å². The second-order valence-electron chi connectivity index (χ2n) is 9.69. The van der Waals surface area contributed by atoms with Gasteiger partial charge in [0, 0.05) is 55.4 Å². The highest BCUT2D eigenvalue weighted by atomic mass is 31.1. The van der Waals surface area contributed by atoms with E-state index < -0.39 is 7.92 Å². The molecule has 2 aliphatic heterocycles. The third-order valence-corrected chi connectivity index (χ3v) is 10.0. The number of ether oxygens (including phenoxy) is 2. The molecule has 2 aromatic carbocycles. The Balaban J connectivity index is 1.97. The number of fused-ring (bicyclic) bond motifs is 4. The van der Waals surface area contributed by atoms with Gasteiger partial charge in [-0.15, -0.1) is 0 Å². The Bertz CT molecular complexity index is 914. The lowest BCUT2D eigenvalue weighted by Gasteiger charge is -2.56. The van der Waals surface area contributed by atoms with Crippen LogP contribution >= 0.6 is 7.92 Å². The topological polar surface area (TPSA) is 24.9 Å². The van der Waals surface area contributed by atoms with Gasteiger partial charge in [-0.2, -0.15) is 0 Å². The van der Waals surface area contributed by atoms with Crippen LogP contribution < -0.4 is 15.1 Å². The molecule has 2 aliphatic rings. The molecular formula is C25H35N2O2P. The van der Waals surface area contributed by atoms with Gasteiger partial charge in [-0.25, -0.2) is 0 Å². The minimum absolute atomic E-state index is 0.0726. The first-order valence-electron chi connectivity index (χ1n) is 10.8. The lowest BCUT2D eigenvalue weighted by Crippen LogP contribution is -2.51. The molecule has 2 atom stereocenters. The second kappa shape index (κ2) is 7.82. The van der Waals surface area contributed by atoms with Crippen molar-refractivity contribution in [2.45, 2.75) is 31.1 Å². The molecule has 2 aromatic rings. The van der Waals surface area contributed by atoms with Crippen LogP contribution in [0.4, 0.5) is 11.4 Å². The molecular weight excluding hydrogens is 391 g/mol. The SMILES string of the molecule is CN(C)c1cccc(N(C)C)c1-c1cccc2c1P1C(C)(C)COCCOCC21C. The fourth-order valence-electron chi connectivity index (χ4n) is 5.17. The number of hydrogen-bond acceptors (Lipinski definition) is 4. The van der Waals surface area contributed by atoms with Crippen molar-refractivity contribution < 1.29 is 9.47 Å². The second-order valence-corrected chi connectivity index (χ2v) is 13.0. The zero-order chi connectivity index (χ0) is 21.7. The molecule has 1 fully saturated rings. The molecule has 4 nitrogen and oxygen atoms in total. The minimum atomic E-state index is -0.469. The molecule has 0 N–H and O–H groups in total. The first-order valence-corrected chi connectivity index (χ1v) is 12.1. The van der Waals surface area contributed by atoms with E-state index >= 15 is 0 Å². The summed E-state index contributed by atoms with van der Waals surface area (Å²) in [4.78, 5) is 4.46. The summed E-state index contributed by atoms with van der Waals surface area (Å²) in [6, 6.07) is 13.5. The van der Waals surface area contributed by atoms with E-state index in [1.807, 2.05) is 0 Å². The standard InChI is InChI=1S/C25H35N2O2P/c1-24(2)16-28-14-15-29-17-25(3)19-11-8-10-18(23(19)30(24)25)22-20(26(4)5)12-9-13-21(22)27(6)7/h8-13H,14-17H2,1-7H3. The van der Waals surface area contributed by atoms with Gasteiger partial charge in [-0.1, -0.05) is 46.0 Å². The molecule has 0 saturated carbocycles. The van der Waals surface area contributed by atoms with E-state index in [0.29, 0.717) is 13.2 Å². The Labute approximate surface area is 182 Å². The number of hydrogen-bond donors (Lipinski definition) is 0. The highest BCUT2D eigenvalue weighted by Crippen LogP contribution is 2.72. The summed E-state index contributed by atoms with van der Waals surface area (Å²) in [5.41, 5.74) is 6.67. The molecule has 0 aromatic heterocycles. The summed E-state index contributed by atoms with van der Waals surface area (Å²) in [7, 11) is 8.07. The van der Waals surface area contributed by atoms with Crippen molar-refractivity contribution in [1.29, 1.82) is 0 Å². The van der Waals surface area contributed by atoms with Crippen molar-refractivity contribution in [2.75, 3.05) is 64.4 Å². The van der Waals surface area contributed by atoms with Gasteiger partial charge in [0.2, 0.25) is 0 Å². The van der Waals surface area contributed by atoms with Crippen LogP contribution in [0.3, 0.4) is 0 Å². The van der Waals surface area contributed by atoms with Crippen LogP contribution in [0, 0.1) is 0 Å². The molecule has 2 unspecified atom stereocenters. The lowest BCUT2D eigenvalue weighted by atomic mass is 9.92. The zero-order valence-corrected chi connectivity index (χ0v) is 20.3. The number of anilines is 2. The molecule has 0 bridgehead atoms. The van der Waals surface area contributed by atoms with Gasteiger partial charge in [-0.05, 0) is 35.5 Å². The summed E-state index contributed by atoms with van der Waals surface area (Å²) in [6.45, 7) is 10.1. The van der Waals surface area contributed by atoms with Gasteiger partial charge in [0.25, 0.3) is 0 Å². The van der Waals surface area contributed by atoms with E-state index in [4.69, 9.17) is 9.47 Å². The van der Waals surface area contributed by atoms with E-state index in [9.17, 15) is 0 Å². The summed E-state index contributed by atoms with van der Waals surface area (Å²) >= 11 is 0. The molecule has 0 radical (unpaired) electrons. The highest BCUT2D eigenvalue weighted by molar-refractivity contribution is 7.71. The van der Waals surface area contributed by atoms with Crippen LogP contribution in [-0.2, 0) is 14.6 Å². The Morgan fingerprint density at radius 2 is 1.37 bits per heavy atom. The Morgan fingerprint density at radius 3 is 1.97 bits per heavy atom. The Morgan fingerprint density at radius 1 is 0.800 bits per heavy atom. The first kappa shape index (κ1) is 21.6. The number of nitrogens with zero attached hydrogens (tertiary/aromatic N) is 2. The minimum Gasteiger partial charge on any atom is -0.378 e. The third kappa shape index (κ3) is 3.34. The van der Waals surface area contributed by atoms with Gasteiger partial charge in [-0.3, -0.25) is 0 Å². The summed E-state index contributed by atoms with van der Waals surface area (Å²) in [6.07, 6.45) is 0. The third-order valence-electron chi connectivity index (χ3n) is 6.40. The van der Waals surface area contributed by atoms with E-state index in [0.717, 1.165) is 13.2 Å². The fourth-order valence-corrected chi connectivity index (χ4v) is 9.30. The maximum Gasteiger partial charge on any atom is 0.0701 e. The largest absolute Gasteiger partial charge is 0.378 e. The van der Waals surface area contributed by atoms with Gasteiger partial charge in [0.05, 0.1) is 26.4 Å². The van der Waals surface area contributed by atoms with Crippen molar-refractivity contribution >= 4 is 24.6 Å². The Hall–Kier alpha value is -1.61. The monoisotopic (exact) mass is 426 g/mol. The van der Waals surface area contributed by atoms with Crippen molar-refractivity contribution in [2.24, 2.45) is 0 Å². The van der Waals surface area contributed by atoms with Gasteiger partial charge < -0.3 is 19.3 Å².